The third-order valence-corrected chi connectivity index (χ3v) is 12.0. The van der Waals surface area contributed by atoms with E-state index < -0.39 is 152 Å². The maximum Gasteiger partial charge on any atom is 0.326 e. The van der Waals surface area contributed by atoms with E-state index in [4.69, 9.17) is 5.73 Å². The number of phenols is 3. The Morgan fingerprint density at radius 3 is 1.15 bits per heavy atom. The summed E-state index contributed by atoms with van der Waals surface area (Å²) in [6.07, 6.45) is -3.12. The monoisotopic (exact) mass is 1140 g/mol. The van der Waals surface area contributed by atoms with Crippen LogP contribution in [-0.2, 0) is 83.2 Å². The molecule has 4 rings (SSSR count). The molecule has 0 fully saturated rings. The van der Waals surface area contributed by atoms with Gasteiger partial charge >= 0.3 is 17.9 Å². The lowest BCUT2D eigenvalue weighted by molar-refractivity contribution is -0.142. The van der Waals surface area contributed by atoms with E-state index in [0.29, 0.717) is 16.7 Å². The van der Waals surface area contributed by atoms with Gasteiger partial charge in [-0.05, 0) is 72.5 Å². The topological polar surface area (TPSA) is 461 Å². The Labute approximate surface area is 468 Å². The highest BCUT2D eigenvalue weighted by Gasteiger charge is 2.34. The van der Waals surface area contributed by atoms with Crippen molar-refractivity contribution in [3.05, 3.63) is 125 Å². The van der Waals surface area contributed by atoms with Crippen LogP contribution in [-0.4, -0.2) is 163 Å². The van der Waals surface area contributed by atoms with Gasteiger partial charge in [0.1, 0.15) is 59.5 Å². The van der Waals surface area contributed by atoms with Crippen molar-refractivity contribution in [2.75, 3.05) is 13.1 Å². The fourth-order valence-electron chi connectivity index (χ4n) is 7.62. The highest BCUT2D eigenvalue weighted by Crippen LogP contribution is 2.15. The Balaban J connectivity index is 1.43. The van der Waals surface area contributed by atoms with Gasteiger partial charge in [-0.25, -0.2) is 4.79 Å². The molecule has 28 heteroatoms. The fourth-order valence-corrected chi connectivity index (χ4v) is 7.62. The van der Waals surface area contributed by atoms with Crippen LogP contribution in [0.4, 0.5) is 0 Å². The molecule has 4 aromatic rings. The van der Waals surface area contributed by atoms with Crippen molar-refractivity contribution >= 4 is 71.1 Å². The predicted octanol–water partition coefficient (Wildman–Crippen LogP) is -2.90. The first kappa shape index (κ1) is 64.4. The fraction of sp³-hybridized carbons (Fsp3) is 0.333. The van der Waals surface area contributed by atoms with Crippen molar-refractivity contribution < 1.29 is 88.2 Å². The first-order valence-electron chi connectivity index (χ1n) is 25.2. The standard InChI is InChI=1S/C54H64N10O18/c1-28(55)47(74)60-38(21-31-8-14-34(65)15-9-31)51(78)63-41(25-46(72)73)53(80)61-39(22-32-10-16-35(66)17-11-32)52(79)62-40(24-45(70)71)49(76)57-26-43(68)56-27-44(69)59-37(20-30-6-4-3-5-7-30)50(77)58-29(2)48(75)64-42(54(81)82)23-33-12-18-36(67)19-13-33/h3-19,28-29,37-42,65-67H,20-27,55H2,1-2H3,(H,56,68)(H,57,76)(H,58,77)(H,59,69)(H,60,74)(H,61,80)(H,62,79)(H,63,78)(H,64,75)(H,70,71)(H,72,73)(H,81,82)/t28-,29-,37-,38-,39-,40-,41-,42-/m0/s1. The zero-order valence-electron chi connectivity index (χ0n) is 44.3. The molecule has 0 spiro atoms. The maximum absolute atomic E-state index is 14.0. The van der Waals surface area contributed by atoms with Crippen molar-refractivity contribution in [2.24, 2.45) is 5.73 Å². The number of phenolic OH excluding ortho intramolecular Hbond substituents is 3. The van der Waals surface area contributed by atoms with E-state index in [-0.39, 0.29) is 42.1 Å². The van der Waals surface area contributed by atoms with E-state index >= 15 is 0 Å². The van der Waals surface area contributed by atoms with Gasteiger partial charge in [0.15, 0.2) is 0 Å². The van der Waals surface area contributed by atoms with Gasteiger partial charge in [0.05, 0.1) is 32.0 Å². The molecule has 0 aliphatic heterocycles. The van der Waals surface area contributed by atoms with Crippen LogP contribution in [0.5, 0.6) is 17.2 Å². The second kappa shape index (κ2) is 31.5. The first-order chi connectivity index (χ1) is 38.8. The van der Waals surface area contributed by atoms with E-state index in [1.807, 2.05) is 0 Å². The lowest BCUT2D eigenvalue weighted by Crippen LogP contribution is -2.60. The number of nitrogens with two attached hydrogens (primary N) is 1. The van der Waals surface area contributed by atoms with E-state index in [1.165, 1.54) is 86.6 Å². The number of carbonyl (C=O) groups excluding carboxylic acids is 9. The number of benzene rings is 4. The Morgan fingerprint density at radius 1 is 0.378 bits per heavy atom. The van der Waals surface area contributed by atoms with Gasteiger partial charge in [0.25, 0.3) is 0 Å². The van der Waals surface area contributed by atoms with Gasteiger partial charge in [0, 0.05) is 25.7 Å². The Hall–Kier alpha value is -10.1. The van der Waals surface area contributed by atoms with Crippen LogP contribution in [0.15, 0.2) is 103 Å². The molecular weight excluding hydrogens is 1080 g/mol. The summed E-state index contributed by atoms with van der Waals surface area (Å²) in [4.78, 5) is 157. The van der Waals surface area contributed by atoms with Gasteiger partial charge in [-0.2, -0.15) is 0 Å². The number of aromatic hydroxyl groups is 3. The summed E-state index contributed by atoms with van der Waals surface area (Å²) >= 11 is 0. The molecule has 82 heavy (non-hydrogen) atoms. The minimum atomic E-state index is -1.96. The van der Waals surface area contributed by atoms with E-state index in [1.54, 1.807) is 30.3 Å². The summed E-state index contributed by atoms with van der Waals surface area (Å²) in [6.45, 7) is 0.903. The normalized spacial score (nSPS) is 13.7. The molecule has 0 saturated heterocycles. The van der Waals surface area contributed by atoms with Crippen LogP contribution < -0.4 is 53.6 Å². The van der Waals surface area contributed by atoms with Crippen LogP contribution in [0.3, 0.4) is 0 Å². The lowest BCUT2D eigenvalue weighted by Gasteiger charge is -2.26. The number of carboxylic acid groups (broad SMARTS) is 3. The lowest BCUT2D eigenvalue weighted by atomic mass is 10.0. The average Bonchev–Trinajstić information content (AvgIpc) is 3.45. The molecule has 438 valence electrons. The zero-order valence-corrected chi connectivity index (χ0v) is 44.3. The SMILES string of the molecule is C[C@H](N)C(=O)N[C@@H](Cc1ccc(O)cc1)C(=O)N[C@@H](CC(=O)O)C(=O)N[C@@H](Cc1ccc(O)cc1)C(=O)N[C@@H](CC(=O)O)C(=O)NCC(=O)NCC(=O)N[C@@H](Cc1ccccc1)C(=O)N[C@@H](C)C(=O)N[C@@H](Cc1ccc(O)cc1)C(=O)O. The molecule has 0 bridgehead atoms. The number of nitrogens with one attached hydrogen (secondary N) is 9. The van der Waals surface area contributed by atoms with Gasteiger partial charge in [-0.15, -0.1) is 0 Å². The molecule has 0 aromatic heterocycles. The minimum Gasteiger partial charge on any atom is -0.508 e. The molecule has 4 aromatic carbocycles. The summed E-state index contributed by atoms with van der Waals surface area (Å²) in [5.41, 5.74) is 7.42. The largest absolute Gasteiger partial charge is 0.508 e. The molecule has 8 atom stereocenters. The van der Waals surface area contributed by atoms with E-state index in [9.17, 15) is 88.2 Å². The van der Waals surface area contributed by atoms with Crippen molar-refractivity contribution in [3.63, 3.8) is 0 Å². The molecule has 0 saturated carbocycles. The summed E-state index contributed by atoms with van der Waals surface area (Å²) in [7, 11) is 0. The molecule has 9 amide bonds. The quantitative estimate of drug-likeness (QED) is 0.0240. The Morgan fingerprint density at radius 2 is 0.720 bits per heavy atom. The Kier molecular flexibility index (Phi) is 24.7. The Bertz CT molecular complexity index is 2930. The van der Waals surface area contributed by atoms with E-state index in [2.05, 4.69) is 47.9 Å². The zero-order chi connectivity index (χ0) is 60.6. The van der Waals surface area contributed by atoms with Gasteiger partial charge in [-0.3, -0.25) is 52.7 Å². The van der Waals surface area contributed by atoms with E-state index in [0.717, 1.165) is 0 Å². The van der Waals surface area contributed by atoms with Crippen molar-refractivity contribution in [2.45, 2.75) is 101 Å². The van der Waals surface area contributed by atoms with Crippen LogP contribution in [0, 0.1) is 0 Å². The number of carbonyl (C=O) groups is 12. The molecule has 0 aliphatic rings. The number of rotatable bonds is 31. The number of hydrogen-bond donors (Lipinski definition) is 16. The van der Waals surface area contributed by atoms with Gasteiger partial charge < -0.3 is 84.2 Å². The van der Waals surface area contributed by atoms with Gasteiger partial charge in [0.2, 0.25) is 53.2 Å². The molecule has 17 N–H and O–H groups in total. The second-order valence-corrected chi connectivity index (χ2v) is 18.8. The number of amides is 9. The van der Waals surface area contributed by atoms with Crippen LogP contribution in [0.1, 0.15) is 48.9 Å². The third-order valence-electron chi connectivity index (χ3n) is 12.0. The smallest absolute Gasteiger partial charge is 0.326 e. The molecule has 0 unspecified atom stereocenters. The average molecular weight is 1140 g/mol. The predicted molar refractivity (Wildman–Crippen MR) is 287 cm³/mol. The van der Waals surface area contributed by atoms with Crippen molar-refractivity contribution in [1.82, 2.24) is 47.9 Å². The molecule has 28 nitrogen and oxygen atoms in total. The van der Waals surface area contributed by atoms with Crippen molar-refractivity contribution in [3.8, 4) is 17.2 Å². The van der Waals surface area contributed by atoms with Crippen LogP contribution in [0.25, 0.3) is 0 Å². The number of hydrogen-bond acceptors (Lipinski definition) is 16. The van der Waals surface area contributed by atoms with Crippen LogP contribution >= 0.6 is 0 Å². The molecular formula is C54H64N10O18. The maximum atomic E-state index is 14.0. The summed E-state index contributed by atoms with van der Waals surface area (Å²) in [5.74, 6) is -14.3. The first-order valence-corrected chi connectivity index (χ1v) is 25.2. The van der Waals surface area contributed by atoms with Crippen LogP contribution in [0.2, 0.25) is 0 Å². The molecule has 0 radical (unpaired) electrons. The second-order valence-electron chi connectivity index (χ2n) is 18.8. The number of aliphatic carboxylic acids is 3. The highest BCUT2D eigenvalue weighted by molar-refractivity contribution is 5.99. The summed E-state index contributed by atoms with van der Waals surface area (Å²) in [6, 6.07) is 12.2. The third kappa shape index (κ3) is 22.3. The highest BCUT2D eigenvalue weighted by atomic mass is 16.4. The summed E-state index contributed by atoms with van der Waals surface area (Å²) < 4.78 is 0. The summed E-state index contributed by atoms with van der Waals surface area (Å²) in [5, 5.41) is 79.1. The van der Waals surface area contributed by atoms with Crippen molar-refractivity contribution in [1.29, 1.82) is 0 Å². The molecule has 0 aliphatic carbocycles. The minimum absolute atomic E-state index is 0.0547. The van der Waals surface area contributed by atoms with Gasteiger partial charge in [-0.1, -0.05) is 66.7 Å². The molecule has 0 heterocycles. The number of carboxylic acids is 3.